The van der Waals surface area contributed by atoms with Crippen LogP contribution in [0.5, 0.6) is 0 Å². The summed E-state index contributed by atoms with van der Waals surface area (Å²) >= 11 is 0. The molecule has 0 bridgehead atoms. The predicted octanol–water partition coefficient (Wildman–Crippen LogP) is 6.20. The zero-order valence-electron chi connectivity index (χ0n) is 22.2. The number of hydrogen-bond donors (Lipinski definition) is 1. The van der Waals surface area contributed by atoms with Crippen LogP contribution in [-0.4, -0.2) is 36.3 Å². The van der Waals surface area contributed by atoms with Gasteiger partial charge in [0, 0.05) is 32.5 Å². The third-order valence-electron chi connectivity index (χ3n) is 6.59. The van der Waals surface area contributed by atoms with Gasteiger partial charge in [0.05, 0.1) is 0 Å². The molecule has 0 unspecified atom stereocenters. The fraction of sp³-hybridized carbons (Fsp3) is 0.643. The minimum atomic E-state index is -0.300. The third kappa shape index (κ3) is 8.11. The average Bonchev–Trinajstić information content (AvgIpc) is 2.64. The topological polar surface area (TPSA) is 49.4 Å². The Morgan fingerprint density at radius 1 is 0.906 bits per heavy atom. The SMILES string of the molecule is C=Cc1ccc(C(C)(C)CC(C)(C)N(C)C(=O)CC(C)(C)CC(C)(C)CC(=O)NC)cc1. The molecule has 1 N–H and O–H groups in total. The Morgan fingerprint density at radius 2 is 1.41 bits per heavy atom. The fourth-order valence-corrected chi connectivity index (χ4v) is 5.18. The molecule has 0 heterocycles. The van der Waals surface area contributed by atoms with Crippen molar-refractivity contribution in [2.75, 3.05) is 14.1 Å². The molecule has 4 heteroatoms. The number of carbonyl (C=O) groups excluding carboxylic acids is 2. The zero-order valence-corrected chi connectivity index (χ0v) is 22.2. The van der Waals surface area contributed by atoms with E-state index < -0.39 is 0 Å². The Morgan fingerprint density at radius 3 is 1.88 bits per heavy atom. The van der Waals surface area contributed by atoms with Crippen LogP contribution in [0.3, 0.4) is 0 Å². The lowest BCUT2D eigenvalue weighted by Crippen LogP contribution is -2.49. The van der Waals surface area contributed by atoms with Crippen LogP contribution in [0.1, 0.15) is 92.2 Å². The third-order valence-corrected chi connectivity index (χ3v) is 6.59. The summed E-state index contributed by atoms with van der Waals surface area (Å²) in [5.41, 5.74) is 1.62. The maximum absolute atomic E-state index is 13.3. The summed E-state index contributed by atoms with van der Waals surface area (Å²) in [7, 11) is 3.59. The lowest BCUT2D eigenvalue weighted by molar-refractivity contribution is -0.137. The van der Waals surface area contributed by atoms with Crippen LogP contribution in [-0.2, 0) is 15.0 Å². The van der Waals surface area contributed by atoms with Gasteiger partial charge in [-0.2, -0.15) is 0 Å². The lowest BCUT2D eigenvalue weighted by Gasteiger charge is -2.43. The Hall–Kier alpha value is -2.10. The molecule has 0 spiro atoms. The normalized spacial score (nSPS) is 12.9. The summed E-state index contributed by atoms with van der Waals surface area (Å²) in [4.78, 5) is 27.1. The molecule has 0 aliphatic carbocycles. The predicted molar refractivity (Wildman–Crippen MR) is 137 cm³/mol. The minimum Gasteiger partial charge on any atom is -0.359 e. The molecule has 180 valence electrons. The highest BCUT2D eigenvalue weighted by atomic mass is 16.2. The molecule has 0 saturated heterocycles. The monoisotopic (exact) mass is 442 g/mol. The largest absolute Gasteiger partial charge is 0.359 e. The Kier molecular flexibility index (Phi) is 8.93. The van der Waals surface area contributed by atoms with Gasteiger partial charge < -0.3 is 10.2 Å². The van der Waals surface area contributed by atoms with Crippen molar-refractivity contribution in [2.24, 2.45) is 10.8 Å². The van der Waals surface area contributed by atoms with Crippen molar-refractivity contribution in [3.05, 3.63) is 42.0 Å². The van der Waals surface area contributed by atoms with E-state index in [1.165, 1.54) is 5.56 Å². The van der Waals surface area contributed by atoms with Gasteiger partial charge in [0.2, 0.25) is 11.8 Å². The summed E-state index contributed by atoms with van der Waals surface area (Å²) in [5, 5.41) is 2.71. The molecule has 0 aromatic heterocycles. The molecule has 0 fully saturated rings. The first-order chi connectivity index (χ1) is 14.4. The zero-order chi connectivity index (χ0) is 25.0. The highest BCUT2D eigenvalue weighted by Crippen LogP contribution is 2.40. The Balaban J connectivity index is 2.89. The van der Waals surface area contributed by atoms with E-state index in [1.54, 1.807) is 7.05 Å². The van der Waals surface area contributed by atoms with E-state index in [0.717, 1.165) is 18.4 Å². The van der Waals surface area contributed by atoms with Gasteiger partial charge in [-0.3, -0.25) is 9.59 Å². The smallest absolute Gasteiger partial charge is 0.223 e. The number of hydrogen-bond acceptors (Lipinski definition) is 2. The van der Waals surface area contributed by atoms with Crippen molar-refractivity contribution >= 4 is 17.9 Å². The maximum atomic E-state index is 13.3. The number of nitrogens with one attached hydrogen (secondary N) is 1. The Labute approximate surface area is 196 Å². The second kappa shape index (κ2) is 10.2. The van der Waals surface area contributed by atoms with Crippen molar-refractivity contribution in [3.8, 4) is 0 Å². The van der Waals surface area contributed by atoms with E-state index >= 15 is 0 Å². The van der Waals surface area contributed by atoms with Crippen LogP contribution < -0.4 is 5.32 Å². The summed E-state index contributed by atoms with van der Waals surface area (Å²) in [5.74, 6) is 0.187. The van der Waals surface area contributed by atoms with E-state index in [-0.39, 0.29) is 33.6 Å². The van der Waals surface area contributed by atoms with Gasteiger partial charge in [-0.05, 0) is 54.1 Å². The molecule has 1 rings (SSSR count). The molecule has 0 saturated carbocycles. The van der Waals surface area contributed by atoms with Gasteiger partial charge in [-0.15, -0.1) is 0 Å². The summed E-state index contributed by atoms with van der Waals surface area (Å²) in [6.07, 6.45) is 4.41. The van der Waals surface area contributed by atoms with Crippen LogP contribution in [0.4, 0.5) is 0 Å². The molecular weight excluding hydrogens is 396 g/mol. The summed E-state index contributed by atoms with van der Waals surface area (Å²) in [6.45, 7) is 21.1. The van der Waals surface area contributed by atoms with E-state index in [9.17, 15) is 9.59 Å². The molecule has 32 heavy (non-hydrogen) atoms. The van der Waals surface area contributed by atoms with Gasteiger partial charge in [-0.1, -0.05) is 78.5 Å². The number of amides is 2. The van der Waals surface area contributed by atoms with Crippen LogP contribution in [0.25, 0.3) is 6.08 Å². The summed E-state index contributed by atoms with van der Waals surface area (Å²) in [6, 6.07) is 8.50. The number of nitrogens with zero attached hydrogens (tertiary/aromatic N) is 1. The Bertz CT molecular complexity index is 801. The highest BCUT2D eigenvalue weighted by molar-refractivity contribution is 5.78. The van der Waals surface area contributed by atoms with Crippen molar-refractivity contribution < 1.29 is 9.59 Å². The van der Waals surface area contributed by atoms with Crippen LogP contribution in [0.2, 0.25) is 0 Å². The van der Waals surface area contributed by atoms with Crippen LogP contribution >= 0.6 is 0 Å². The van der Waals surface area contributed by atoms with Crippen molar-refractivity contribution in [1.82, 2.24) is 10.2 Å². The lowest BCUT2D eigenvalue weighted by atomic mass is 9.71. The van der Waals surface area contributed by atoms with Crippen molar-refractivity contribution in [3.63, 3.8) is 0 Å². The second-order valence-electron chi connectivity index (χ2n) is 12.2. The molecule has 0 aliphatic heterocycles. The van der Waals surface area contributed by atoms with Gasteiger partial charge >= 0.3 is 0 Å². The van der Waals surface area contributed by atoms with Crippen molar-refractivity contribution in [2.45, 2.75) is 92.0 Å². The van der Waals surface area contributed by atoms with Crippen LogP contribution in [0.15, 0.2) is 30.8 Å². The quantitative estimate of drug-likeness (QED) is 0.443. The maximum Gasteiger partial charge on any atom is 0.223 e. The van der Waals surface area contributed by atoms with E-state index in [0.29, 0.717) is 12.8 Å². The molecule has 4 nitrogen and oxygen atoms in total. The van der Waals surface area contributed by atoms with Crippen LogP contribution in [0, 0.1) is 10.8 Å². The highest BCUT2D eigenvalue weighted by Gasteiger charge is 2.38. The standard InChI is InChI=1S/C28H46N2O2/c1-12-21-13-15-22(16-14-21)27(6,7)20-28(8,9)30(11)24(32)18-26(4,5)19-25(2,3)17-23(31)29-10/h12-16H,1,17-20H2,2-11H3,(H,29,31). The van der Waals surface area contributed by atoms with Gasteiger partial charge in [0.15, 0.2) is 0 Å². The van der Waals surface area contributed by atoms with Gasteiger partial charge in [0.1, 0.15) is 0 Å². The first-order valence-corrected chi connectivity index (χ1v) is 11.6. The molecule has 0 aliphatic rings. The molecule has 1 aromatic rings. The summed E-state index contributed by atoms with van der Waals surface area (Å²) < 4.78 is 0. The molecule has 0 radical (unpaired) electrons. The second-order valence-corrected chi connectivity index (χ2v) is 12.2. The van der Waals surface area contributed by atoms with Crippen molar-refractivity contribution in [1.29, 1.82) is 0 Å². The number of benzene rings is 1. The van der Waals surface area contributed by atoms with E-state index in [4.69, 9.17) is 0 Å². The molecule has 1 aromatic carbocycles. The number of rotatable bonds is 11. The first kappa shape index (κ1) is 27.9. The molecular formula is C28H46N2O2. The minimum absolute atomic E-state index is 0.0405. The molecule has 2 amide bonds. The fourth-order valence-electron chi connectivity index (χ4n) is 5.18. The van der Waals surface area contributed by atoms with E-state index in [2.05, 4.69) is 91.6 Å². The number of carbonyl (C=O) groups is 2. The van der Waals surface area contributed by atoms with E-state index in [1.807, 2.05) is 18.0 Å². The first-order valence-electron chi connectivity index (χ1n) is 11.6. The van der Waals surface area contributed by atoms with Gasteiger partial charge in [-0.25, -0.2) is 0 Å². The average molecular weight is 443 g/mol. The van der Waals surface area contributed by atoms with Gasteiger partial charge in [0.25, 0.3) is 0 Å². The molecule has 0 atom stereocenters.